The lowest BCUT2D eigenvalue weighted by Crippen LogP contribution is -2.34. The maximum absolute atomic E-state index is 12.8. The molecule has 0 bridgehead atoms. The highest BCUT2D eigenvalue weighted by atomic mass is 32.1. The van der Waals surface area contributed by atoms with Gasteiger partial charge in [-0.25, -0.2) is 0 Å². The van der Waals surface area contributed by atoms with Gasteiger partial charge in [-0.15, -0.1) is 16.4 Å². The predicted molar refractivity (Wildman–Crippen MR) is 85.7 cm³/mol. The summed E-state index contributed by atoms with van der Waals surface area (Å²) in [6.07, 6.45) is 3.16. The largest absolute Gasteiger partial charge is 0.397 e. The Hall–Kier alpha value is -1.69. The number of nitrogens with zero attached hydrogens (tertiary/aromatic N) is 3. The number of aryl methyl sites for hydroxylation is 2. The molecule has 1 aliphatic heterocycles. The van der Waals surface area contributed by atoms with E-state index in [0.717, 1.165) is 47.3 Å². The number of carbonyl (C=O) groups excluding carboxylic acids is 1. The van der Waals surface area contributed by atoms with E-state index in [0.29, 0.717) is 16.6 Å². The third kappa shape index (κ3) is 2.18. The lowest BCUT2D eigenvalue weighted by molar-refractivity contribution is 0.0739. The summed E-state index contributed by atoms with van der Waals surface area (Å²) in [6, 6.07) is 0.344. The van der Waals surface area contributed by atoms with Crippen molar-refractivity contribution in [3.8, 4) is 0 Å². The average Bonchev–Trinajstić information content (AvgIpc) is 3.07. The van der Waals surface area contributed by atoms with Crippen LogP contribution in [0.15, 0.2) is 0 Å². The van der Waals surface area contributed by atoms with Gasteiger partial charge >= 0.3 is 0 Å². The van der Waals surface area contributed by atoms with Gasteiger partial charge < -0.3 is 10.6 Å². The van der Waals surface area contributed by atoms with Crippen molar-refractivity contribution in [3.05, 3.63) is 16.1 Å². The molecule has 1 unspecified atom stereocenters. The Kier molecular flexibility index (Phi) is 3.57. The van der Waals surface area contributed by atoms with Crippen LogP contribution in [0.1, 0.15) is 47.1 Å². The molecule has 0 radical (unpaired) electrons. The van der Waals surface area contributed by atoms with E-state index in [1.165, 1.54) is 11.3 Å². The first kappa shape index (κ1) is 14.3. The summed E-state index contributed by atoms with van der Waals surface area (Å²) in [5.74, 6) is 0.0527. The monoisotopic (exact) mass is 304 g/mol. The second kappa shape index (κ2) is 5.26. The highest BCUT2D eigenvalue weighted by Gasteiger charge is 2.31. The van der Waals surface area contributed by atoms with Gasteiger partial charge in [0.2, 0.25) is 0 Å². The third-order valence-electron chi connectivity index (χ3n) is 4.44. The second-order valence-electron chi connectivity index (χ2n) is 5.64. The number of fused-ring (bicyclic) bond motifs is 1. The van der Waals surface area contributed by atoms with Gasteiger partial charge in [0.05, 0.1) is 11.4 Å². The number of aromatic nitrogens is 2. The lowest BCUT2D eigenvalue weighted by atomic mass is 10.1. The Morgan fingerprint density at radius 3 is 2.90 bits per heavy atom. The maximum Gasteiger partial charge on any atom is 0.266 e. The molecule has 6 heteroatoms. The third-order valence-corrected chi connectivity index (χ3v) is 5.52. The van der Waals surface area contributed by atoms with Gasteiger partial charge in [0.15, 0.2) is 0 Å². The molecule has 1 saturated heterocycles. The van der Waals surface area contributed by atoms with Gasteiger partial charge in [0.25, 0.3) is 5.91 Å². The van der Waals surface area contributed by atoms with Crippen LogP contribution in [0, 0.1) is 13.8 Å². The van der Waals surface area contributed by atoms with Gasteiger partial charge in [-0.1, -0.05) is 6.92 Å². The number of thiophene rings is 1. The van der Waals surface area contributed by atoms with Crippen molar-refractivity contribution in [2.45, 2.75) is 46.1 Å². The van der Waals surface area contributed by atoms with Gasteiger partial charge in [0, 0.05) is 18.0 Å². The predicted octanol–water partition coefficient (Wildman–Crippen LogP) is 2.90. The molecular formula is C15H20N4OS. The minimum atomic E-state index is 0.0527. The number of nitrogens with two attached hydrogens (primary N) is 1. The van der Waals surface area contributed by atoms with E-state index in [4.69, 9.17) is 5.73 Å². The van der Waals surface area contributed by atoms with Crippen LogP contribution in [0.25, 0.3) is 10.2 Å². The van der Waals surface area contributed by atoms with Crippen molar-refractivity contribution in [2.24, 2.45) is 0 Å². The minimum Gasteiger partial charge on any atom is -0.397 e. The normalized spacial score (nSPS) is 18.6. The van der Waals surface area contributed by atoms with E-state index in [1.807, 2.05) is 18.7 Å². The Morgan fingerprint density at radius 1 is 1.43 bits per heavy atom. The van der Waals surface area contributed by atoms with E-state index in [1.54, 1.807) is 0 Å². The number of nitrogen functional groups attached to an aromatic ring is 1. The number of rotatable bonds is 2. The standard InChI is InChI=1S/C15H20N4OS/c1-4-10-6-5-7-19(10)15(20)13-12(16)11-8(2)9(3)17-18-14(11)21-13/h10H,4-7,16H2,1-3H3. The van der Waals surface area contributed by atoms with Crippen LogP contribution in [-0.4, -0.2) is 33.6 Å². The van der Waals surface area contributed by atoms with Gasteiger partial charge in [-0.2, -0.15) is 5.10 Å². The molecule has 112 valence electrons. The van der Waals surface area contributed by atoms with Gasteiger partial charge in [-0.3, -0.25) is 4.79 Å². The van der Waals surface area contributed by atoms with Crippen molar-refractivity contribution in [1.29, 1.82) is 0 Å². The van der Waals surface area contributed by atoms with Gasteiger partial charge in [-0.05, 0) is 38.7 Å². The zero-order chi connectivity index (χ0) is 15.1. The van der Waals surface area contributed by atoms with Crippen LogP contribution < -0.4 is 5.73 Å². The highest BCUT2D eigenvalue weighted by Crippen LogP contribution is 2.36. The van der Waals surface area contributed by atoms with E-state index < -0.39 is 0 Å². The molecule has 2 aromatic heterocycles. The van der Waals surface area contributed by atoms with E-state index in [2.05, 4.69) is 17.1 Å². The minimum absolute atomic E-state index is 0.0527. The van der Waals surface area contributed by atoms with E-state index in [9.17, 15) is 4.79 Å². The summed E-state index contributed by atoms with van der Waals surface area (Å²) in [6.45, 7) is 6.85. The maximum atomic E-state index is 12.8. The first-order chi connectivity index (χ1) is 10.0. The zero-order valence-corrected chi connectivity index (χ0v) is 13.5. The number of anilines is 1. The molecule has 2 N–H and O–H groups in total. The fraction of sp³-hybridized carbons (Fsp3) is 0.533. The highest BCUT2D eigenvalue weighted by molar-refractivity contribution is 7.21. The van der Waals surface area contributed by atoms with Crippen LogP contribution in [0.5, 0.6) is 0 Å². The number of hydrogen-bond donors (Lipinski definition) is 1. The van der Waals surface area contributed by atoms with Crippen molar-refractivity contribution >= 4 is 33.1 Å². The van der Waals surface area contributed by atoms with Crippen molar-refractivity contribution in [1.82, 2.24) is 15.1 Å². The first-order valence-electron chi connectivity index (χ1n) is 7.37. The van der Waals surface area contributed by atoms with Crippen LogP contribution in [-0.2, 0) is 0 Å². The van der Waals surface area contributed by atoms with Crippen molar-refractivity contribution in [2.75, 3.05) is 12.3 Å². The summed E-state index contributed by atoms with van der Waals surface area (Å²) in [5.41, 5.74) is 8.70. The molecule has 3 heterocycles. The summed E-state index contributed by atoms with van der Waals surface area (Å²) in [4.78, 5) is 16.2. The SMILES string of the molecule is CCC1CCCN1C(=O)c1sc2nnc(C)c(C)c2c1N. The Balaban J connectivity index is 2.07. The lowest BCUT2D eigenvalue weighted by Gasteiger charge is -2.23. The number of likely N-dealkylation sites (tertiary alicyclic amines) is 1. The summed E-state index contributed by atoms with van der Waals surface area (Å²) in [7, 11) is 0. The van der Waals surface area contributed by atoms with Crippen LogP contribution >= 0.6 is 11.3 Å². The molecule has 5 nitrogen and oxygen atoms in total. The van der Waals surface area contributed by atoms with Crippen LogP contribution in [0.2, 0.25) is 0 Å². The van der Waals surface area contributed by atoms with Gasteiger partial charge in [0.1, 0.15) is 9.71 Å². The van der Waals surface area contributed by atoms with E-state index >= 15 is 0 Å². The molecule has 1 fully saturated rings. The Morgan fingerprint density at radius 2 is 2.19 bits per heavy atom. The Labute approximate surface area is 128 Å². The molecule has 21 heavy (non-hydrogen) atoms. The zero-order valence-electron chi connectivity index (χ0n) is 12.6. The molecular weight excluding hydrogens is 284 g/mol. The molecule has 0 spiro atoms. The molecule has 1 amide bonds. The summed E-state index contributed by atoms with van der Waals surface area (Å²) < 4.78 is 0. The number of hydrogen-bond acceptors (Lipinski definition) is 5. The van der Waals surface area contributed by atoms with Crippen molar-refractivity contribution < 1.29 is 4.79 Å². The molecule has 1 atom stereocenters. The fourth-order valence-corrected chi connectivity index (χ4v) is 4.11. The molecule has 1 aliphatic rings. The summed E-state index contributed by atoms with van der Waals surface area (Å²) >= 11 is 1.36. The van der Waals surface area contributed by atoms with Crippen LogP contribution in [0.4, 0.5) is 5.69 Å². The summed E-state index contributed by atoms with van der Waals surface area (Å²) in [5, 5.41) is 9.21. The average molecular weight is 304 g/mol. The molecule has 2 aromatic rings. The smallest absolute Gasteiger partial charge is 0.266 e. The van der Waals surface area contributed by atoms with E-state index in [-0.39, 0.29) is 5.91 Å². The van der Waals surface area contributed by atoms with Crippen molar-refractivity contribution in [3.63, 3.8) is 0 Å². The Bertz CT molecular complexity index is 709. The quantitative estimate of drug-likeness (QED) is 0.926. The molecule has 0 aromatic carbocycles. The molecule has 0 aliphatic carbocycles. The second-order valence-corrected chi connectivity index (χ2v) is 6.64. The van der Waals surface area contributed by atoms with Crippen LogP contribution in [0.3, 0.4) is 0 Å². The first-order valence-corrected chi connectivity index (χ1v) is 8.19. The molecule has 3 rings (SSSR count). The molecule has 0 saturated carbocycles. The fourth-order valence-electron chi connectivity index (χ4n) is 3.06. The number of amides is 1. The topological polar surface area (TPSA) is 72.1 Å². The number of carbonyl (C=O) groups is 1.